The molecule has 0 saturated carbocycles. The molecule has 4 N–H and O–H groups in total. The topological polar surface area (TPSA) is 171 Å². The lowest BCUT2D eigenvalue weighted by Gasteiger charge is -2.13. The fraction of sp³-hybridized carbons (Fsp3) is 0.491. The summed E-state index contributed by atoms with van der Waals surface area (Å²) in [5, 5.41) is 18.2. The van der Waals surface area contributed by atoms with Crippen molar-refractivity contribution in [2.75, 3.05) is 21.3 Å². The van der Waals surface area contributed by atoms with Gasteiger partial charge in [0.05, 0.1) is 21.3 Å². The zero-order valence-electron chi connectivity index (χ0n) is 42.1. The largest absolute Gasteiger partial charge is 0.519 e. The molecule has 0 aliphatic rings. The Morgan fingerprint density at radius 1 is 0.471 bits per heavy atom. The molecule has 0 fully saturated rings. The highest BCUT2D eigenvalue weighted by Gasteiger charge is 2.17. The number of ether oxygens (including phenoxy) is 5. The van der Waals surface area contributed by atoms with Gasteiger partial charge in [-0.1, -0.05) is 96.2 Å². The molecule has 68 heavy (non-hydrogen) atoms. The number of benzene rings is 3. The van der Waals surface area contributed by atoms with Gasteiger partial charge in [0.1, 0.15) is 0 Å². The highest BCUT2D eigenvalue weighted by Crippen LogP contribution is 2.32. The summed E-state index contributed by atoms with van der Waals surface area (Å²) in [4.78, 5) is 48.9. The first-order valence-electron chi connectivity index (χ1n) is 24.0. The predicted octanol–water partition coefficient (Wildman–Crippen LogP) is 11.8. The van der Waals surface area contributed by atoms with E-state index in [2.05, 4.69) is 93.9 Å². The highest BCUT2D eigenvalue weighted by molar-refractivity contribution is 5.77. The molecule has 3 aromatic rings. The molecule has 0 saturated heterocycles. The van der Waals surface area contributed by atoms with Crippen LogP contribution in [0.2, 0.25) is 0 Å². The van der Waals surface area contributed by atoms with Crippen molar-refractivity contribution in [1.29, 1.82) is 0 Å². The molecule has 13 heteroatoms. The number of carbonyl (C=O) groups is 4. The Morgan fingerprint density at radius 2 is 0.794 bits per heavy atom. The summed E-state index contributed by atoms with van der Waals surface area (Å²) in [5.41, 5.74) is 2.51. The molecular formula is C55H79N3O10. The van der Waals surface area contributed by atoms with Crippen molar-refractivity contribution in [3.05, 3.63) is 108 Å². The number of amides is 3. The van der Waals surface area contributed by atoms with E-state index in [9.17, 15) is 24.3 Å². The fourth-order valence-corrected chi connectivity index (χ4v) is 6.46. The Labute approximate surface area is 406 Å². The highest BCUT2D eigenvalue weighted by atomic mass is 16.7. The quantitative estimate of drug-likeness (QED) is 0.0227. The van der Waals surface area contributed by atoms with E-state index >= 15 is 0 Å². The summed E-state index contributed by atoms with van der Waals surface area (Å²) in [6.07, 6.45) is 22.1. The third kappa shape index (κ3) is 26.2. The summed E-state index contributed by atoms with van der Waals surface area (Å²) in [5.74, 6) is 3.21. The van der Waals surface area contributed by atoms with E-state index < -0.39 is 6.16 Å². The third-order valence-corrected chi connectivity index (χ3v) is 10.2. The fourth-order valence-electron chi connectivity index (χ4n) is 6.46. The monoisotopic (exact) mass is 942 g/mol. The molecular weight excluding hydrogens is 863 g/mol. The Bertz CT molecular complexity index is 1960. The van der Waals surface area contributed by atoms with Crippen LogP contribution in [0.15, 0.2) is 91.1 Å². The van der Waals surface area contributed by atoms with Crippen LogP contribution >= 0.6 is 0 Å². The molecule has 0 bridgehead atoms. The summed E-state index contributed by atoms with van der Waals surface area (Å²) in [6.45, 7) is 14.0. The minimum absolute atomic E-state index is 0.0150. The number of allylic oxidation sites excluding steroid dienone is 6. The van der Waals surface area contributed by atoms with Crippen LogP contribution in [0.5, 0.6) is 34.5 Å². The van der Waals surface area contributed by atoms with Crippen LogP contribution in [0.4, 0.5) is 4.79 Å². The lowest BCUT2D eigenvalue weighted by Crippen LogP contribution is -2.22. The Morgan fingerprint density at radius 3 is 1.12 bits per heavy atom. The molecule has 0 unspecified atom stereocenters. The molecule has 0 atom stereocenters. The third-order valence-electron chi connectivity index (χ3n) is 10.2. The minimum Gasteiger partial charge on any atom is -0.504 e. The SMILES string of the molecule is COc1cc(CNC(=O)CCCC/C=C/C(C)C)ccc1O.COc1cc(CNC(=O)CCCC/C=C/C(C)C)ccc1OC(=O)Oc1ccc(CNC(=O)CCCC/C=C/C(C)C)cc1OC. The number of methoxy groups -OCH3 is 3. The molecule has 3 amide bonds. The Balaban J connectivity index is 0.000000601. The first-order chi connectivity index (χ1) is 32.6. The second kappa shape index (κ2) is 34.1. The van der Waals surface area contributed by atoms with E-state index in [4.69, 9.17) is 23.7 Å². The van der Waals surface area contributed by atoms with Crippen LogP contribution in [-0.2, 0) is 34.0 Å². The van der Waals surface area contributed by atoms with Crippen molar-refractivity contribution < 1.29 is 48.0 Å². The minimum atomic E-state index is -0.967. The van der Waals surface area contributed by atoms with E-state index in [0.29, 0.717) is 73.9 Å². The van der Waals surface area contributed by atoms with E-state index in [1.807, 2.05) is 0 Å². The summed E-state index contributed by atoms with van der Waals surface area (Å²) in [6, 6.07) is 15.1. The van der Waals surface area contributed by atoms with E-state index in [1.54, 1.807) is 54.6 Å². The van der Waals surface area contributed by atoms with Gasteiger partial charge >= 0.3 is 6.16 Å². The first-order valence-corrected chi connectivity index (χ1v) is 24.0. The van der Waals surface area contributed by atoms with Crippen molar-refractivity contribution in [2.45, 2.75) is 138 Å². The molecule has 0 aromatic heterocycles. The number of rotatable bonds is 29. The van der Waals surface area contributed by atoms with Gasteiger partial charge in [0.15, 0.2) is 34.5 Å². The van der Waals surface area contributed by atoms with Crippen LogP contribution in [0.1, 0.15) is 135 Å². The molecule has 0 spiro atoms. The van der Waals surface area contributed by atoms with Gasteiger partial charge in [-0.25, -0.2) is 4.79 Å². The lowest BCUT2D eigenvalue weighted by molar-refractivity contribution is -0.122. The van der Waals surface area contributed by atoms with Gasteiger partial charge in [-0.3, -0.25) is 14.4 Å². The van der Waals surface area contributed by atoms with Crippen LogP contribution in [-0.4, -0.2) is 50.3 Å². The number of nitrogens with one attached hydrogen (secondary N) is 3. The normalized spacial score (nSPS) is 11.2. The zero-order valence-corrected chi connectivity index (χ0v) is 42.1. The molecule has 3 aromatic carbocycles. The standard InChI is InChI=1S/C37H52N2O7.C18H27NO3/c1-27(2)15-11-7-9-13-17-35(40)38-25-29-19-21-31(33(23-29)43-5)45-37(42)46-32-22-20-30(24-34(32)44-6)26-39-36(41)18-14-10-8-12-16-28(3)4;1-14(2)8-6-4-5-7-9-18(21)19-13-15-10-11-16(20)17(12-15)22-3/h11-12,15-16,19-24,27-28H,7-10,13-14,17-18,25-26H2,1-6H3,(H,38,40)(H,39,41);6,8,10-12,14,20H,4-5,7,9,13H2,1-3H3,(H,19,21)/b15-11+,16-12+;8-6+. The maximum atomic E-state index is 12.6. The maximum absolute atomic E-state index is 12.6. The molecule has 0 aliphatic heterocycles. The second-order valence-electron chi connectivity index (χ2n) is 17.5. The second-order valence-corrected chi connectivity index (χ2v) is 17.5. The van der Waals surface area contributed by atoms with Crippen LogP contribution < -0.4 is 39.6 Å². The number of hydrogen-bond acceptors (Lipinski definition) is 10. The van der Waals surface area contributed by atoms with Crippen molar-refractivity contribution >= 4 is 23.9 Å². The number of unbranched alkanes of at least 4 members (excludes halogenated alkanes) is 6. The van der Waals surface area contributed by atoms with Gasteiger partial charge in [0, 0.05) is 38.9 Å². The summed E-state index contributed by atoms with van der Waals surface area (Å²) >= 11 is 0. The Hall–Kier alpha value is -6.24. The number of phenolic OH excluding ortho intramolecular Hbond substituents is 1. The van der Waals surface area contributed by atoms with Gasteiger partial charge in [-0.2, -0.15) is 0 Å². The van der Waals surface area contributed by atoms with Crippen molar-refractivity contribution in [3.8, 4) is 34.5 Å². The molecule has 374 valence electrons. The van der Waals surface area contributed by atoms with E-state index in [0.717, 1.165) is 74.5 Å². The van der Waals surface area contributed by atoms with Gasteiger partial charge in [0.2, 0.25) is 17.7 Å². The van der Waals surface area contributed by atoms with E-state index in [-0.39, 0.29) is 35.0 Å². The van der Waals surface area contributed by atoms with Crippen molar-refractivity contribution in [1.82, 2.24) is 16.0 Å². The Kier molecular flexibility index (Phi) is 29.0. The molecule has 3 rings (SSSR count). The predicted molar refractivity (Wildman–Crippen MR) is 270 cm³/mol. The lowest BCUT2D eigenvalue weighted by atomic mass is 10.1. The summed E-state index contributed by atoms with van der Waals surface area (Å²) < 4.78 is 26.7. The molecule has 13 nitrogen and oxygen atoms in total. The van der Waals surface area contributed by atoms with Gasteiger partial charge in [-0.05, 0) is 129 Å². The van der Waals surface area contributed by atoms with Crippen LogP contribution in [0.3, 0.4) is 0 Å². The van der Waals surface area contributed by atoms with Gasteiger partial charge < -0.3 is 44.7 Å². The zero-order chi connectivity index (χ0) is 50.1. The number of carbonyl (C=O) groups excluding carboxylic acids is 4. The summed E-state index contributed by atoms with van der Waals surface area (Å²) in [7, 11) is 4.44. The van der Waals surface area contributed by atoms with Crippen molar-refractivity contribution in [3.63, 3.8) is 0 Å². The van der Waals surface area contributed by atoms with Gasteiger partial charge in [-0.15, -0.1) is 0 Å². The number of phenols is 1. The van der Waals surface area contributed by atoms with Crippen LogP contribution in [0, 0.1) is 17.8 Å². The first kappa shape index (κ1) is 57.9. The average Bonchev–Trinajstić information content (AvgIpc) is 3.31. The van der Waals surface area contributed by atoms with Crippen molar-refractivity contribution in [2.24, 2.45) is 17.8 Å². The molecule has 0 heterocycles. The smallest absolute Gasteiger partial charge is 0.504 e. The number of aromatic hydroxyl groups is 1. The van der Waals surface area contributed by atoms with Crippen LogP contribution in [0.25, 0.3) is 0 Å². The molecule has 0 aliphatic carbocycles. The maximum Gasteiger partial charge on any atom is 0.519 e. The molecule has 0 radical (unpaired) electrons. The number of hydrogen-bond donors (Lipinski definition) is 4. The average molecular weight is 942 g/mol. The van der Waals surface area contributed by atoms with E-state index in [1.165, 1.54) is 21.3 Å². The van der Waals surface area contributed by atoms with Gasteiger partial charge in [0.25, 0.3) is 0 Å².